The van der Waals surface area contributed by atoms with Crippen LogP contribution in [0.1, 0.15) is 32.1 Å². The van der Waals surface area contributed by atoms with Gasteiger partial charge < -0.3 is 15.0 Å². The number of hydrogen-bond donors (Lipinski definition) is 1. The molecule has 3 nitrogen and oxygen atoms in total. The van der Waals surface area contributed by atoms with Crippen molar-refractivity contribution in [1.82, 2.24) is 10.2 Å². The number of piperidine rings is 1. The Morgan fingerprint density at radius 3 is 3.00 bits per heavy atom. The predicted octanol–water partition coefficient (Wildman–Crippen LogP) is 1.24. The lowest BCUT2D eigenvalue weighted by Crippen LogP contribution is -2.38. The summed E-state index contributed by atoms with van der Waals surface area (Å²) in [6, 6.07) is 0.780. The number of ether oxygens (including phenoxy) is 1. The summed E-state index contributed by atoms with van der Waals surface area (Å²) in [4.78, 5) is 2.56. The molecule has 1 unspecified atom stereocenters. The third kappa shape index (κ3) is 4.09. The molecule has 0 radical (unpaired) electrons. The molecular formula is C12H24N2O. The number of hydrogen-bond acceptors (Lipinski definition) is 3. The lowest BCUT2D eigenvalue weighted by Gasteiger charge is -2.26. The minimum Gasteiger partial charge on any atom is -0.380 e. The van der Waals surface area contributed by atoms with E-state index in [-0.39, 0.29) is 0 Å². The fourth-order valence-corrected chi connectivity index (χ4v) is 2.53. The van der Waals surface area contributed by atoms with Crippen LogP contribution in [0.4, 0.5) is 0 Å². The second kappa shape index (κ2) is 6.46. The van der Waals surface area contributed by atoms with Gasteiger partial charge in [0.1, 0.15) is 0 Å². The first-order valence-electron chi connectivity index (χ1n) is 6.48. The molecule has 0 aromatic rings. The summed E-state index contributed by atoms with van der Waals surface area (Å²) < 4.78 is 5.46. The Labute approximate surface area is 93.2 Å². The van der Waals surface area contributed by atoms with Crippen molar-refractivity contribution in [2.24, 2.45) is 0 Å². The smallest absolute Gasteiger partial charge is 0.0593 e. The van der Waals surface area contributed by atoms with Gasteiger partial charge >= 0.3 is 0 Å². The zero-order chi connectivity index (χ0) is 10.3. The molecule has 0 spiro atoms. The van der Waals surface area contributed by atoms with E-state index in [1.807, 2.05) is 0 Å². The lowest BCUT2D eigenvalue weighted by molar-refractivity contribution is 0.140. The molecule has 1 N–H and O–H groups in total. The molecule has 88 valence electrons. The molecule has 3 heteroatoms. The summed E-state index contributed by atoms with van der Waals surface area (Å²) in [5.74, 6) is 0. The summed E-state index contributed by atoms with van der Waals surface area (Å²) in [6.07, 6.45) is 6.69. The summed E-state index contributed by atoms with van der Waals surface area (Å²) in [5, 5.41) is 3.62. The fraction of sp³-hybridized carbons (Fsp3) is 1.00. The van der Waals surface area contributed by atoms with Gasteiger partial charge in [-0.15, -0.1) is 0 Å². The number of nitrogens with zero attached hydrogens (tertiary/aromatic N) is 1. The zero-order valence-electron chi connectivity index (χ0n) is 9.71. The summed E-state index contributed by atoms with van der Waals surface area (Å²) in [5.41, 5.74) is 0. The first-order chi connectivity index (χ1) is 7.45. The predicted molar refractivity (Wildman–Crippen MR) is 62.1 cm³/mol. The second-order valence-corrected chi connectivity index (χ2v) is 4.74. The van der Waals surface area contributed by atoms with Crippen molar-refractivity contribution in [2.75, 3.05) is 39.4 Å². The van der Waals surface area contributed by atoms with Crippen molar-refractivity contribution >= 4 is 0 Å². The van der Waals surface area contributed by atoms with Crippen LogP contribution in [-0.2, 0) is 4.74 Å². The molecule has 2 aliphatic heterocycles. The van der Waals surface area contributed by atoms with E-state index < -0.39 is 0 Å². The second-order valence-electron chi connectivity index (χ2n) is 4.74. The zero-order valence-corrected chi connectivity index (χ0v) is 9.71. The Balaban J connectivity index is 1.62. The first-order valence-corrected chi connectivity index (χ1v) is 6.48. The highest BCUT2D eigenvalue weighted by molar-refractivity contribution is 4.74. The third-order valence-electron chi connectivity index (χ3n) is 3.52. The summed E-state index contributed by atoms with van der Waals surface area (Å²) in [6.45, 7) is 6.73. The van der Waals surface area contributed by atoms with Crippen molar-refractivity contribution in [2.45, 2.75) is 38.1 Å². The van der Waals surface area contributed by atoms with E-state index >= 15 is 0 Å². The maximum absolute atomic E-state index is 5.46. The SMILES string of the molecule is C1CCC(CCN2CCCOCC2)NC1. The van der Waals surface area contributed by atoms with Crippen LogP contribution in [0.25, 0.3) is 0 Å². The molecular weight excluding hydrogens is 188 g/mol. The Hall–Kier alpha value is -0.120. The summed E-state index contributed by atoms with van der Waals surface area (Å²) in [7, 11) is 0. The maximum Gasteiger partial charge on any atom is 0.0593 e. The molecule has 0 aliphatic carbocycles. The Kier molecular flexibility index (Phi) is 4.90. The van der Waals surface area contributed by atoms with Crippen LogP contribution in [-0.4, -0.2) is 50.3 Å². The van der Waals surface area contributed by atoms with Crippen LogP contribution in [0, 0.1) is 0 Å². The van der Waals surface area contributed by atoms with Crippen LogP contribution < -0.4 is 5.32 Å². The van der Waals surface area contributed by atoms with Crippen LogP contribution in [0.3, 0.4) is 0 Å². The van der Waals surface area contributed by atoms with Crippen LogP contribution in [0.5, 0.6) is 0 Å². The standard InChI is InChI=1S/C12H24N2O/c1-2-6-13-12(4-1)5-8-14-7-3-10-15-11-9-14/h12-13H,1-11H2. The largest absolute Gasteiger partial charge is 0.380 e. The minimum absolute atomic E-state index is 0.780. The average molecular weight is 212 g/mol. The van der Waals surface area contributed by atoms with Crippen molar-refractivity contribution in [1.29, 1.82) is 0 Å². The van der Waals surface area contributed by atoms with Crippen LogP contribution in [0.15, 0.2) is 0 Å². The van der Waals surface area contributed by atoms with Crippen molar-refractivity contribution in [3.8, 4) is 0 Å². The highest BCUT2D eigenvalue weighted by Crippen LogP contribution is 2.11. The van der Waals surface area contributed by atoms with Crippen molar-refractivity contribution < 1.29 is 4.74 Å². The van der Waals surface area contributed by atoms with Gasteiger partial charge in [-0.1, -0.05) is 6.42 Å². The molecule has 1 atom stereocenters. The number of nitrogens with one attached hydrogen (secondary N) is 1. The van der Waals surface area contributed by atoms with Gasteiger partial charge in [0.15, 0.2) is 0 Å². The highest BCUT2D eigenvalue weighted by Gasteiger charge is 2.15. The van der Waals surface area contributed by atoms with E-state index in [0.29, 0.717) is 0 Å². The van der Waals surface area contributed by atoms with Crippen LogP contribution in [0.2, 0.25) is 0 Å². The van der Waals surface area contributed by atoms with Gasteiger partial charge in [0.05, 0.1) is 6.61 Å². The van der Waals surface area contributed by atoms with Gasteiger partial charge in [-0.3, -0.25) is 0 Å². The maximum atomic E-state index is 5.46. The van der Waals surface area contributed by atoms with Crippen molar-refractivity contribution in [3.63, 3.8) is 0 Å². The molecule has 2 rings (SSSR count). The van der Waals surface area contributed by atoms with Gasteiger partial charge in [-0.05, 0) is 38.8 Å². The van der Waals surface area contributed by atoms with Crippen LogP contribution >= 0.6 is 0 Å². The molecule has 0 aromatic carbocycles. The molecule has 2 aliphatic rings. The minimum atomic E-state index is 0.780. The Morgan fingerprint density at radius 1 is 1.13 bits per heavy atom. The topological polar surface area (TPSA) is 24.5 Å². The molecule has 0 saturated carbocycles. The normalized spacial score (nSPS) is 30.0. The van der Waals surface area contributed by atoms with E-state index in [4.69, 9.17) is 4.74 Å². The third-order valence-corrected chi connectivity index (χ3v) is 3.52. The van der Waals surface area contributed by atoms with Crippen molar-refractivity contribution in [3.05, 3.63) is 0 Å². The van der Waals surface area contributed by atoms with Gasteiger partial charge in [-0.25, -0.2) is 0 Å². The van der Waals surface area contributed by atoms with E-state index in [2.05, 4.69) is 10.2 Å². The quantitative estimate of drug-likeness (QED) is 0.762. The van der Waals surface area contributed by atoms with E-state index in [1.54, 1.807) is 0 Å². The Morgan fingerprint density at radius 2 is 2.13 bits per heavy atom. The molecule has 2 fully saturated rings. The molecule has 2 saturated heterocycles. The molecule has 2 heterocycles. The van der Waals surface area contributed by atoms with E-state index in [1.165, 1.54) is 51.7 Å². The Bertz CT molecular complexity index is 161. The number of rotatable bonds is 3. The summed E-state index contributed by atoms with van der Waals surface area (Å²) >= 11 is 0. The highest BCUT2D eigenvalue weighted by atomic mass is 16.5. The van der Waals surface area contributed by atoms with E-state index in [0.717, 1.165) is 25.8 Å². The van der Waals surface area contributed by atoms with Gasteiger partial charge in [-0.2, -0.15) is 0 Å². The average Bonchev–Trinajstić information content (AvgIpc) is 2.56. The fourth-order valence-electron chi connectivity index (χ4n) is 2.53. The van der Waals surface area contributed by atoms with Gasteiger partial charge in [0.2, 0.25) is 0 Å². The molecule has 0 amide bonds. The molecule has 0 aromatic heterocycles. The van der Waals surface area contributed by atoms with Gasteiger partial charge in [0, 0.05) is 25.7 Å². The first kappa shape index (κ1) is 11.4. The monoisotopic (exact) mass is 212 g/mol. The van der Waals surface area contributed by atoms with Gasteiger partial charge in [0.25, 0.3) is 0 Å². The molecule has 15 heavy (non-hydrogen) atoms. The lowest BCUT2D eigenvalue weighted by atomic mass is 10.0. The molecule has 0 bridgehead atoms. The van der Waals surface area contributed by atoms with E-state index in [9.17, 15) is 0 Å².